The van der Waals surface area contributed by atoms with E-state index in [9.17, 15) is 21.6 Å². The molecule has 0 aromatic heterocycles. The van der Waals surface area contributed by atoms with Crippen molar-refractivity contribution < 1.29 is 31.5 Å². The monoisotopic (exact) mass is 575 g/mol. The summed E-state index contributed by atoms with van der Waals surface area (Å²) in [6.07, 6.45) is 5.97. The Morgan fingerprint density at radius 2 is 1.65 bits per heavy atom. The molecule has 0 radical (unpaired) electrons. The molecular weight excluding hydrogens is 539 g/mol. The van der Waals surface area contributed by atoms with Crippen molar-refractivity contribution in [2.24, 2.45) is 0 Å². The van der Waals surface area contributed by atoms with E-state index in [4.69, 9.17) is 9.90 Å². The third kappa shape index (κ3) is 6.86. The van der Waals surface area contributed by atoms with E-state index in [0.717, 1.165) is 54.5 Å². The minimum absolute atomic E-state index is 0.250. The summed E-state index contributed by atoms with van der Waals surface area (Å²) in [5, 5.41) is 6.89. The van der Waals surface area contributed by atoms with Crippen LogP contribution in [0.2, 0.25) is 0 Å². The van der Waals surface area contributed by atoms with Gasteiger partial charge in [0.1, 0.15) is 0 Å². The van der Waals surface area contributed by atoms with Gasteiger partial charge in [0.25, 0.3) is 16.5 Å². The van der Waals surface area contributed by atoms with Crippen LogP contribution in [0, 0.1) is 0 Å². The summed E-state index contributed by atoms with van der Waals surface area (Å²) < 4.78 is 68.1. The summed E-state index contributed by atoms with van der Waals surface area (Å²) in [5.74, 6) is 0. The van der Waals surface area contributed by atoms with E-state index in [0.29, 0.717) is 29.1 Å². The van der Waals surface area contributed by atoms with Crippen LogP contribution >= 0.6 is 0 Å². The zero-order valence-corrected chi connectivity index (χ0v) is 24.1. The summed E-state index contributed by atoms with van der Waals surface area (Å²) >= 11 is 0. The van der Waals surface area contributed by atoms with Crippen molar-refractivity contribution in [1.82, 2.24) is 0 Å². The largest absolute Gasteiger partial charge is 0.483 e. The highest BCUT2D eigenvalue weighted by molar-refractivity contribution is 7.96. The second kappa shape index (κ2) is 12.5. The SMILES string of the molecule is CCCCCC1=CC=C(S(=O)(=O)N2CC(C)(C)c3cc(-c4ccc(C(F)(F)F)cc4)ccc32)CC=C1C.O=CO. The Labute approximate surface area is 234 Å². The highest BCUT2D eigenvalue weighted by Gasteiger charge is 2.42. The number of allylic oxidation sites excluding steroid dienone is 6. The summed E-state index contributed by atoms with van der Waals surface area (Å²) in [6.45, 7) is 8.24. The van der Waals surface area contributed by atoms with Crippen LogP contribution in [0.1, 0.15) is 70.9 Å². The first-order chi connectivity index (χ1) is 18.8. The first kappa shape index (κ1) is 31.2. The first-order valence-electron chi connectivity index (χ1n) is 13.3. The lowest BCUT2D eigenvalue weighted by Crippen LogP contribution is -2.34. The summed E-state index contributed by atoms with van der Waals surface area (Å²) in [5.41, 5.74) is 4.06. The van der Waals surface area contributed by atoms with E-state index in [1.807, 2.05) is 39.0 Å². The molecule has 2 aliphatic rings. The molecule has 0 saturated carbocycles. The average molecular weight is 576 g/mol. The van der Waals surface area contributed by atoms with Gasteiger partial charge in [-0.25, -0.2) is 8.42 Å². The summed E-state index contributed by atoms with van der Waals surface area (Å²) in [4.78, 5) is 8.73. The van der Waals surface area contributed by atoms with Crippen molar-refractivity contribution in [3.63, 3.8) is 0 Å². The molecule has 0 amide bonds. The number of sulfonamides is 1. The summed E-state index contributed by atoms with van der Waals surface area (Å²) in [6, 6.07) is 10.5. The third-order valence-corrected chi connectivity index (χ3v) is 9.21. The third-order valence-electron chi connectivity index (χ3n) is 7.34. The normalized spacial score (nSPS) is 16.6. The number of alkyl halides is 3. The molecule has 40 heavy (non-hydrogen) atoms. The molecule has 0 bridgehead atoms. The van der Waals surface area contributed by atoms with Crippen LogP contribution in [0.15, 0.2) is 76.7 Å². The molecule has 2 aromatic carbocycles. The smallest absolute Gasteiger partial charge is 0.416 e. The fourth-order valence-electron chi connectivity index (χ4n) is 5.03. The number of benzene rings is 2. The Morgan fingerprint density at radius 3 is 2.25 bits per heavy atom. The maximum Gasteiger partial charge on any atom is 0.416 e. The Balaban J connectivity index is 0.00000141. The van der Waals surface area contributed by atoms with E-state index in [1.165, 1.54) is 22.0 Å². The molecule has 5 nitrogen and oxygen atoms in total. The number of carbonyl (C=O) groups is 1. The van der Waals surface area contributed by atoms with Gasteiger partial charge in [-0.3, -0.25) is 9.10 Å². The zero-order chi connectivity index (χ0) is 29.7. The molecule has 0 unspecified atom stereocenters. The minimum Gasteiger partial charge on any atom is -0.483 e. The fourth-order valence-corrected chi connectivity index (χ4v) is 6.76. The van der Waals surface area contributed by atoms with Gasteiger partial charge in [0.05, 0.1) is 16.2 Å². The van der Waals surface area contributed by atoms with E-state index in [1.54, 1.807) is 18.2 Å². The van der Waals surface area contributed by atoms with Crippen LogP contribution in [0.25, 0.3) is 11.1 Å². The topological polar surface area (TPSA) is 74.7 Å². The van der Waals surface area contributed by atoms with Crippen molar-refractivity contribution in [2.75, 3.05) is 10.8 Å². The number of fused-ring (bicyclic) bond motifs is 1. The van der Waals surface area contributed by atoms with Crippen molar-refractivity contribution in [1.29, 1.82) is 0 Å². The lowest BCUT2D eigenvalue weighted by molar-refractivity contribution is -0.137. The van der Waals surface area contributed by atoms with Gasteiger partial charge >= 0.3 is 6.18 Å². The number of unbranched alkanes of at least 4 members (excludes halogenated alkanes) is 2. The number of hydrogen-bond acceptors (Lipinski definition) is 3. The van der Waals surface area contributed by atoms with Gasteiger partial charge in [-0.2, -0.15) is 13.2 Å². The van der Waals surface area contributed by atoms with E-state index < -0.39 is 27.2 Å². The van der Waals surface area contributed by atoms with E-state index >= 15 is 0 Å². The standard InChI is InChI=1S/C30H34F3NO2S.CH2O2/c1-5-6-7-8-22-12-17-26(16-9-21(22)2)37(35,36)34-20-29(3,4)27-19-24(13-18-28(27)34)23-10-14-25(15-11-23)30(31,32)33;2-1-3/h9-15,17-19H,5-8,16,20H2,1-4H3;1H,(H,2,3). The molecule has 1 aliphatic heterocycles. The van der Waals surface area contributed by atoms with Crippen molar-refractivity contribution in [3.05, 3.63) is 87.9 Å². The lowest BCUT2D eigenvalue weighted by atomic mass is 9.85. The van der Waals surface area contributed by atoms with Crippen molar-refractivity contribution in [2.45, 2.75) is 71.4 Å². The lowest BCUT2D eigenvalue weighted by Gasteiger charge is -2.23. The minimum atomic E-state index is -4.39. The second-order valence-electron chi connectivity index (χ2n) is 10.7. The van der Waals surface area contributed by atoms with Gasteiger partial charge in [0.15, 0.2) is 0 Å². The Hall–Kier alpha value is -3.33. The van der Waals surface area contributed by atoms with Gasteiger partial charge in [-0.05, 0) is 72.4 Å². The van der Waals surface area contributed by atoms with Crippen molar-refractivity contribution in [3.8, 4) is 11.1 Å². The quantitative estimate of drug-likeness (QED) is 0.267. The average Bonchev–Trinajstić information content (AvgIpc) is 3.03. The molecule has 1 aliphatic carbocycles. The van der Waals surface area contributed by atoms with Crippen LogP contribution in [0.3, 0.4) is 0 Å². The zero-order valence-electron chi connectivity index (χ0n) is 23.3. The maximum atomic E-state index is 13.8. The van der Waals surface area contributed by atoms with Crippen LogP contribution < -0.4 is 4.31 Å². The Morgan fingerprint density at radius 1 is 1.02 bits per heavy atom. The van der Waals surface area contributed by atoms with Gasteiger partial charge in [0, 0.05) is 18.4 Å². The Kier molecular flexibility index (Phi) is 9.72. The molecule has 0 spiro atoms. The van der Waals surface area contributed by atoms with Gasteiger partial charge in [-0.15, -0.1) is 0 Å². The second-order valence-corrected chi connectivity index (χ2v) is 12.6. The van der Waals surface area contributed by atoms with Crippen LogP contribution in [-0.2, 0) is 26.4 Å². The molecule has 216 valence electrons. The highest BCUT2D eigenvalue weighted by Crippen LogP contribution is 2.45. The van der Waals surface area contributed by atoms with Gasteiger partial charge in [0.2, 0.25) is 0 Å². The van der Waals surface area contributed by atoms with Crippen LogP contribution in [0.5, 0.6) is 0 Å². The van der Waals surface area contributed by atoms with Gasteiger partial charge < -0.3 is 5.11 Å². The molecule has 2 aromatic rings. The van der Waals surface area contributed by atoms with Crippen molar-refractivity contribution >= 4 is 22.2 Å². The number of carboxylic acid groups (broad SMARTS) is 1. The van der Waals surface area contributed by atoms with E-state index in [2.05, 4.69) is 6.92 Å². The molecular formula is C31H36F3NO4S. The molecule has 9 heteroatoms. The van der Waals surface area contributed by atoms with Crippen LogP contribution in [-0.4, -0.2) is 26.5 Å². The van der Waals surface area contributed by atoms with E-state index in [-0.39, 0.29) is 6.47 Å². The number of halogens is 3. The predicted molar refractivity (Wildman–Crippen MR) is 154 cm³/mol. The first-order valence-corrected chi connectivity index (χ1v) is 14.7. The number of rotatable bonds is 7. The summed E-state index contributed by atoms with van der Waals surface area (Å²) in [7, 11) is -3.76. The molecule has 1 N–H and O–H groups in total. The Bertz CT molecular complexity index is 1420. The molecule has 0 atom stereocenters. The molecule has 0 saturated heterocycles. The van der Waals surface area contributed by atoms with Gasteiger partial charge in [-0.1, -0.05) is 69.5 Å². The highest BCUT2D eigenvalue weighted by atomic mass is 32.2. The predicted octanol–water partition coefficient (Wildman–Crippen LogP) is 8.24. The number of anilines is 1. The number of nitrogens with zero attached hydrogens (tertiary/aromatic N) is 1. The fraction of sp³-hybridized carbons (Fsp3) is 0.387. The molecule has 4 rings (SSSR count). The number of hydrogen-bond donors (Lipinski definition) is 1. The maximum absolute atomic E-state index is 13.8. The molecule has 0 fully saturated rings. The van der Waals surface area contributed by atoms with Crippen LogP contribution in [0.4, 0.5) is 18.9 Å². The molecule has 1 heterocycles.